The molecular formula is C19H28N2. The highest BCUT2D eigenvalue weighted by Crippen LogP contribution is 2.31. The lowest BCUT2D eigenvalue weighted by molar-refractivity contribution is 0.590. The first-order chi connectivity index (χ1) is 10.2. The summed E-state index contributed by atoms with van der Waals surface area (Å²) in [6.07, 6.45) is 10.2. The second-order valence-corrected chi connectivity index (χ2v) is 5.95. The van der Waals surface area contributed by atoms with Gasteiger partial charge in [-0.1, -0.05) is 69.7 Å². The molecule has 0 aliphatic carbocycles. The number of unbranched alkanes of at least 4 members (excludes halogenated alkanes) is 6. The second kappa shape index (κ2) is 7.92. The van der Waals surface area contributed by atoms with Crippen molar-refractivity contribution in [2.45, 2.75) is 58.3 Å². The molecule has 114 valence electrons. The number of nitrogen functional groups attached to an aromatic ring is 2. The van der Waals surface area contributed by atoms with Gasteiger partial charge in [-0.25, -0.2) is 0 Å². The standard InChI is InChI=1S/C19H28N2/c1-2-3-4-5-6-7-8-13-17-18(20)14-15-11-9-10-12-16(15)19(17)21/h9-12,14H,2-8,13,20-21H2,1H3. The molecule has 2 aromatic carbocycles. The quantitative estimate of drug-likeness (QED) is 0.510. The van der Waals surface area contributed by atoms with Crippen molar-refractivity contribution in [2.75, 3.05) is 11.5 Å². The summed E-state index contributed by atoms with van der Waals surface area (Å²) >= 11 is 0. The zero-order valence-electron chi connectivity index (χ0n) is 13.2. The highest BCUT2D eigenvalue weighted by Gasteiger charge is 2.08. The number of hydrogen-bond donors (Lipinski definition) is 2. The molecule has 2 aromatic rings. The van der Waals surface area contributed by atoms with Crippen LogP contribution >= 0.6 is 0 Å². The maximum Gasteiger partial charge on any atom is 0.0446 e. The van der Waals surface area contributed by atoms with E-state index in [-0.39, 0.29) is 0 Å². The predicted octanol–water partition coefficient (Wildman–Crippen LogP) is 5.30. The van der Waals surface area contributed by atoms with Crippen LogP contribution in [0.25, 0.3) is 10.8 Å². The van der Waals surface area contributed by atoms with Crippen LogP contribution in [-0.2, 0) is 6.42 Å². The van der Waals surface area contributed by atoms with E-state index in [1.807, 2.05) is 12.1 Å². The van der Waals surface area contributed by atoms with Crippen molar-refractivity contribution in [1.29, 1.82) is 0 Å². The van der Waals surface area contributed by atoms with Crippen molar-refractivity contribution in [3.05, 3.63) is 35.9 Å². The van der Waals surface area contributed by atoms with Gasteiger partial charge < -0.3 is 11.5 Å². The fourth-order valence-corrected chi connectivity index (χ4v) is 2.98. The zero-order valence-corrected chi connectivity index (χ0v) is 13.2. The Hall–Kier alpha value is -1.70. The molecule has 0 aliphatic rings. The second-order valence-electron chi connectivity index (χ2n) is 5.95. The van der Waals surface area contributed by atoms with E-state index in [0.717, 1.165) is 34.1 Å². The molecule has 2 rings (SSSR count). The van der Waals surface area contributed by atoms with Crippen LogP contribution < -0.4 is 11.5 Å². The summed E-state index contributed by atoms with van der Waals surface area (Å²) in [5, 5.41) is 2.26. The minimum atomic E-state index is 0.845. The molecule has 0 bridgehead atoms. The van der Waals surface area contributed by atoms with Gasteiger partial charge >= 0.3 is 0 Å². The van der Waals surface area contributed by atoms with Crippen LogP contribution in [0.4, 0.5) is 11.4 Å². The number of nitrogens with two attached hydrogens (primary N) is 2. The van der Waals surface area contributed by atoms with Gasteiger partial charge in [0.05, 0.1) is 0 Å². The van der Waals surface area contributed by atoms with E-state index in [9.17, 15) is 0 Å². The molecule has 0 atom stereocenters. The maximum atomic E-state index is 6.32. The number of rotatable bonds is 8. The van der Waals surface area contributed by atoms with Crippen LogP contribution in [-0.4, -0.2) is 0 Å². The minimum Gasteiger partial charge on any atom is -0.398 e. The average molecular weight is 284 g/mol. The topological polar surface area (TPSA) is 52.0 Å². The van der Waals surface area contributed by atoms with Crippen LogP contribution in [0.5, 0.6) is 0 Å². The van der Waals surface area contributed by atoms with Gasteiger partial charge in [0.15, 0.2) is 0 Å². The zero-order chi connectivity index (χ0) is 15.1. The lowest BCUT2D eigenvalue weighted by Crippen LogP contribution is -2.01. The van der Waals surface area contributed by atoms with Crippen LogP contribution in [0.3, 0.4) is 0 Å². The SMILES string of the molecule is CCCCCCCCCc1c(N)cc2ccccc2c1N. The van der Waals surface area contributed by atoms with Gasteiger partial charge in [-0.3, -0.25) is 0 Å². The normalized spacial score (nSPS) is 11.1. The first kappa shape index (κ1) is 15.7. The minimum absolute atomic E-state index is 0.845. The molecule has 2 heteroatoms. The molecule has 0 aliphatic heterocycles. The largest absolute Gasteiger partial charge is 0.398 e. The third kappa shape index (κ3) is 4.13. The fourth-order valence-electron chi connectivity index (χ4n) is 2.98. The lowest BCUT2D eigenvalue weighted by Gasteiger charge is -2.12. The first-order valence-electron chi connectivity index (χ1n) is 8.29. The highest BCUT2D eigenvalue weighted by atomic mass is 14.6. The third-order valence-electron chi connectivity index (χ3n) is 4.27. The van der Waals surface area contributed by atoms with Gasteiger partial charge in [-0.15, -0.1) is 0 Å². The highest BCUT2D eigenvalue weighted by molar-refractivity contribution is 5.97. The lowest BCUT2D eigenvalue weighted by atomic mass is 9.97. The van der Waals surface area contributed by atoms with Crippen LogP contribution in [0.15, 0.2) is 30.3 Å². The van der Waals surface area contributed by atoms with Crippen LogP contribution in [0, 0.1) is 0 Å². The summed E-state index contributed by atoms with van der Waals surface area (Å²) in [5.41, 5.74) is 15.4. The Kier molecular flexibility index (Phi) is 5.91. The number of anilines is 2. The van der Waals surface area contributed by atoms with Gasteiger partial charge in [-0.05, 0) is 29.9 Å². The van der Waals surface area contributed by atoms with E-state index < -0.39 is 0 Å². The van der Waals surface area contributed by atoms with Crippen molar-refractivity contribution >= 4 is 22.1 Å². The molecule has 0 saturated carbocycles. The van der Waals surface area contributed by atoms with E-state index >= 15 is 0 Å². The van der Waals surface area contributed by atoms with Crippen LogP contribution in [0.2, 0.25) is 0 Å². The molecule has 0 amide bonds. The first-order valence-corrected chi connectivity index (χ1v) is 8.29. The van der Waals surface area contributed by atoms with E-state index in [4.69, 9.17) is 11.5 Å². The Labute approximate surface area is 128 Å². The van der Waals surface area contributed by atoms with Crippen LogP contribution in [0.1, 0.15) is 57.4 Å². The van der Waals surface area contributed by atoms with Gasteiger partial charge in [0.2, 0.25) is 0 Å². The Balaban J connectivity index is 1.93. The van der Waals surface area contributed by atoms with Crippen molar-refractivity contribution < 1.29 is 0 Å². The number of hydrogen-bond acceptors (Lipinski definition) is 2. The molecule has 0 radical (unpaired) electrons. The average Bonchev–Trinajstić information content (AvgIpc) is 2.49. The summed E-state index contributed by atoms with van der Waals surface area (Å²) < 4.78 is 0. The molecular weight excluding hydrogens is 256 g/mol. The van der Waals surface area contributed by atoms with Gasteiger partial charge in [0.25, 0.3) is 0 Å². The molecule has 0 spiro atoms. The monoisotopic (exact) mass is 284 g/mol. The van der Waals surface area contributed by atoms with Gasteiger partial charge in [0.1, 0.15) is 0 Å². The van der Waals surface area contributed by atoms with Gasteiger partial charge in [0, 0.05) is 16.8 Å². The Morgan fingerprint density at radius 3 is 2.29 bits per heavy atom. The summed E-state index contributed by atoms with van der Waals surface area (Å²) in [6.45, 7) is 2.26. The summed E-state index contributed by atoms with van der Waals surface area (Å²) in [4.78, 5) is 0. The summed E-state index contributed by atoms with van der Waals surface area (Å²) in [7, 11) is 0. The molecule has 0 fully saturated rings. The predicted molar refractivity (Wildman–Crippen MR) is 94.5 cm³/mol. The van der Waals surface area contributed by atoms with E-state index in [2.05, 4.69) is 25.1 Å². The molecule has 21 heavy (non-hydrogen) atoms. The smallest absolute Gasteiger partial charge is 0.0446 e. The molecule has 0 saturated heterocycles. The third-order valence-corrected chi connectivity index (χ3v) is 4.27. The Morgan fingerprint density at radius 1 is 0.857 bits per heavy atom. The van der Waals surface area contributed by atoms with Crippen molar-refractivity contribution in [3.63, 3.8) is 0 Å². The molecule has 0 aromatic heterocycles. The number of benzene rings is 2. The van der Waals surface area contributed by atoms with E-state index in [1.165, 1.54) is 44.9 Å². The molecule has 0 unspecified atom stereocenters. The molecule has 4 N–H and O–H groups in total. The van der Waals surface area contributed by atoms with Crippen molar-refractivity contribution in [1.82, 2.24) is 0 Å². The maximum absolute atomic E-state index is 6.32. The fraction of sp³-hybridized carbons (Fsp3) is 0.474. The molecule has 2 nitrogen and oxygen atoms in total. The van der Waals surface area contributed by atoms with E-state index in [1.54, 1.807) is 0 Å². The summed E-state index contributed by atoms with van der Waals surface area (Å²) in [5.74, 6) is 0. The van der Waals surface area contributed by atoms with Crippen molar-refractivity contribution in [3.8, 4) is 0 Å². The summed E-state index contributed by atoms with van der Waals surface area (Å²) in [6, 6.07) is 10.3. The molecule has 0 heterocycles. The van der Waals surface area contributed by atoms with Crippen molar-refractivity contribution in [2.24, 2.45) is 0 Å². The Morgan fingerprint density at radius 2 is 1.52 bits per heavy atom. The number of fused-ring (bicyclic) bond motifs is 1. The Bertz CT molecular complexity index is 575. The van der Waals surface area contributed by atoms with Gasteiger partial charge in [-0.2, -0.15) is 0 Å². The van der Waals surface area contributed by atoms with E-state index in [0.29, 0.717) is 0 Å².